The smallest absolute Gasteiger partial charge is 0.457 e. The summed E-state index contributed by atoms with van der Waals surface area (Å²) in [6.07, 6.45) is 52.2. The number of hydrogen-bond acceptors (Lipinski definition) is 6. The Balaban J connectivity index is 4.11. The number of esters is 1. The summed E-state index contributed by atoms with van der Waals surface area (Å²) in [5.74, 6) is -0.323. The van der Waals surface area contributed by atoms with Gasteiger partial charge in [0.2, 0.25) is 0 Å². The van der Waals surface area contributed by atoms with Crippen molar-refractivity contribution in [3.8, 4) is 0 Å². The average Bonchev–Trinajstić information content (AvgIpc) is 3.20. The topological polar surface area (TPSA) is 91.3 Å². The predicted molar refractivity (Wildman–Crippen MR) is 257 cm³/mol. The third-order valence-electron chi connectivity index (χ3n) is 11.3. The second-order valence-corrected chi connectivity index (χ2v) is 20.0. The number of phosphoric ester groups is 1. The zero-order chi connectivity index (χ0) is 44.1. The molecule has 0 saturated carbocycles. The highest BCUT2D eigenvalue weighted by Gasteiger charge is 2.26. The van der Waals surface area contributed by atoms with Crippen LogP contribution in [0.3, 0.4) is 0 Å². The third kappa shape index (κ3) is 48.0. The summed E-state index contributed by atoms with van der Waals surface area (Å²) in [5.41, 5.74) is 0. The van der Waals surface area contributed by atoms with E-state index in [1.54, 1.807) is 0 Å². The number of likely N-dealkylation sites (N-methyl/N-ethyl adjacent to an activating group) is 1. The molecule has 60 heavy (non-hydrogen) atoms. The summed E-state index contributed by atoms with van der Waals surface area (Å²) in [7, 11) is 1.67. The standard InChI is InChI=1S/C51H100NO7P/c1-6-8-10-12-14-16-18-20-22-24-25-26-27-28-29-31-33-35-37-39-41-43-46-56-48-50(49-58-60(54,55)57-47-45-52(3,4)5)59-51(53)44-42-40-38-36-34-32-30-23-21-19-17-15-13-11-9-7-2/h17,19,23,30,50H,6-16,18,20-22,24-29,31-49H2,1-5H3/p+1/b19-17-,30-23-. The van der Waals surface area contributed by atoms with Crippen molar-refractivity contribution in [2.75, 3.05) is 54.1 Å². The van der Waals surface area contributed by atoms with Crippen LogP contribution in [-0.4, -0.2) is 75.6 Å². The minimum atomic E-state index is -4.28. The molecule has 2 atom stereocenters. The number of rotatable bonds is 48. The molecule has 356 valence electrons. The van der Waals surface area contributed by atoms with Crippen LogP contribution in [0.15, 0.2) is 24.3 Å². The van der Waals surface area contributed by atoms with Gasteiger partial charge in [-0.25, -0.2) is 4.57 Å². The first kappa shape index (κ1) is 59.0. The fourth-order valence-electron chi connectivity index (χ4n) is 7.29. The zero-order valence-corrected chi connectivity index (χ0v) is 41.4. The number of carbonyl (C=O) groups excluding carboxylic acids is 1. The van der Waals surface area contributed by atoms with Crippen molar-refractivity contribution in [3.63, 3.8) is 0 Å². The zero-order valence-electron chi connectivity index (χ0n) is 40.5. The molecule has 0 fully saturated rings. The Morgan fingerprint density at radius 1 is 0.517 bits per heavy atom. The number of phosphoric acid groups is 1. The Labute approximate surface area is 373 Å². The first-order chi connectivity index (χ1) is 29.1. The maximum Gasteiger partial charge on any atom is 0.472 e. The first-order valence-electron chi connectivity index (χ1n) is 25.6. The van der Waals surface area contributed by atoms with Gasteiger partial charge in [0.05, 0.1) is 34.4 Å². The SMILES string of the molecule is CCCCCC/C=C\C/C=C\CCCCCCCC(=O)OC(COCCCCCCCCCCCCCCCCCCCCCCCC)COP(=O)(O)OCC[N+](C)(C)C. The van der Waals surface area contributed by atoms with Gasteiger partial charge in [-0.05, 0) is 44.9 Å². The van der Waals surface area contributed by atoms with Crippen LogP contribution in [0, 0.1) is 0 Å². The fraction of sp³-hybridized carbons (Fsp3) is 0.902. The quantitative estimate of drug-likeness (QED) is 0.0214. The van der Waals surface area contributed by atoms with Gasteiger partial charge in [0.15, 0.2) is 0 Å². The Hall–Kier alpha value is -1.02. The first-order valence-corrected chi connectivity index (χ1v) is 27.1. The van der Waals surface area contributed by atoms with Crippen LogP contribution in [-0.2, 0) is 27.9 Å². The summed E-state index contributed by atoms with van der Waals surface area (Å²) in [6.45, 7) is 5.64. The summed E-state index contributed by atoms with van der Waals surface area (Å²) in [6, 6.07) is 0. The average molecular weight is 871 g/mol. The number of hydrogen-bond donors (Lipinski definition) is 1. The Morgan fingerprint density at radius 2 is 0.917 bits per heavy atom. The molecule has 0 aromatic carbocycles. The molecule has 0 saturated heterocycles. The van der Waals surface area contributed by atoms with Gasteiger partial charge in [0.1, 0.15) is 19.3 Å². The minimum Gasteiger partial charge on any atom is -0.457 e. The van der Waals surface area contributed by atoms with Crippen LogP contribution >= 0.6 is 7.82 Å². The van der Waals surface area contributed by atoms with Crippen molar-refractivity contribution in [3.05, 3.63) is 24.3 Å². The maximum absolute atomic E-state index is 12.7. The normalized spacial score (nSPS) is 13.8. The third-order valence-corrected chi connectivity index (χ3v) is 12.2. The van der Waals surface area contributed by atoms with Gasteiger partial charge in [-0.15, -0.1) is 0 Å². The summed E-state index contributed by atoms with van der Waals surface area (Å²) >= 11 is 0. The van der Waals surface area contributed by atoms with E-state index in [4.69, 9.17) is 18.5 Å². The van der Waals surface area contributed by atoms with Gasteiger partial charge in [0.25, 0.3) is 0 Å². The van der Waals surface area contributed by atoms with E-state index in [1.165, 1.54) is 161 Å². The molecule has 0 radical (unpaired) electrons. The molecule has 0 rings (SSSR count). The molecule has 2 unspecified atom stereocenters. The molecular formula is C51H101NO7P+. The number of allylic oxidation sites excluding steroid dienone is 4. The van der Waals surface area contributed by atoms with E-state index in [-0.39, 0.29) is 25.8 Å². The van der Waals surface area contributed by atoms with Crippen molar-refractivity contribution >= 4 is 13.8 Å². The second kappa shape index (κ2) is 44.6. The lowest BCUT2D eigenvalue weighted by Gasteiger charge is -2.24. The molecule has 0 aliphatic carbocycles. The molecule has 0 amide bonds. The number of quaternary nitrogens is 1. The molecule has 0 bridgehead atoms. The lowest BCUT2D eigenvalue weighted by atomic mass is 10.0. The number of nitrogens with zero attached hydrogens (tertiary/aromatic N) is 1. The van der Waals surface area contributed by atoms with E-state index in [0.717, 1.165) is 57.8 Å². The molecule has 8 nitrogen and oxygen atoms in total. The van der Waals surface area contributed by atoms with Crippen LogP contribution in [0.4, 0.5) is 0 Å². The molecule has 0 heterocycles. The molecule has 9 heteroatoms. The van der Waals surface area contributed by atoms with Crippen LogP contribution in [0.25, 0.3) is 0 Å². The van der Waals surface area contributed by atoms with Gasteiger partial charge >= 0.3 is 13.8 Å². The van der Waals surface area contributed by atoms with Crippen molar-refractivity contribution in [2.24, 2.45) is 0 Å². The van der Waals surface area contributed by atoms with Gasteiger partial charge in [0, 0.05) is 13.0 Å². The molecular weight excluding hydrogens is 770 g/mol. The fourth-order valence-corrected chi connectivity index (χ4v) is 8.03. The summed E-state index contributed by atoms with van der Waals surface area (Å²) in [4.78, 5) is 23.0. The van der Waals surface area contributed by atoms with Crippen LogP contribution in [0.1, 0.15) is 239 Å². The Bertz CT molecular complexity index is 1010. The minimum absolute atomic E-state index is 0.0879. The van der Waals surface area contributed by atoms with Crippen LogP contribution < -0.4 is 0 Å². The van der Waals surface area contributed by atoms with E-state index in [1.807, 2.05) is 21.1 Å². The largest absolute Gasteiger partial charge is 0.472 e. The number of ether oxygens (including phenoxy) is 2. The van der Waals surface area contributed by atoms with Gasteiger partial charge in [-0.1, -0.05) is 212 Å². The number of carbonyl (C=O) groups is 1. The van der Waals surface area contributed by atoms with Gasteiger partial charge in [-0.3, -0.25) is 13.8 Å². The van der Waals surface area contributed by atoms with E-state index < -0.39 is 13.9 Å². The van der Waals surface area contributed by atoms with Crippen LogP contribution in [0.2, 0.25) is 0 Å². The van der Waals surface area contributed by atoms with Crippen LogP contribution in [0.5, 0.6) is 0 Å². The monoisotopic (exact) mass is 871 g/mol. The highest BCUT2D eigenvalue weighted by molar-refractivity contribution is 7.47. The van der Waals surface area contributed by atoms with E-state index >= 15 is 0 Å². The highest BCUT2D eigenvalue weighted by atomic mass is 31.2. The van der Waals surface area contributed by atoms with Gasteiger partial charge < -0.3 is 18.9 Å². The Kier molecular flexibility index (Phi) is 43.8. The van der Waals surface area contributed by atoms with E-state index in [2.05, 4.69) is 38.2 Å². The van der Waals surface area contributed by atoms with Crippen molar-refractivity contribution in [1.29, 1.82) is 0 Å². The molecule has 0 spiro atoms. The molecule has 0 aromatic heterocycles. The van der Waals surface area contributed by atoms with Crippen molar-refractivity contribution in [1.82, 2.24) is 0 Å². The lowest BCUT2D eigenvalue weighted by molar-refractivity contribution is -0.870. The van der Waals surface area contributed by atoms with Gasteiger partial charge in [-0.2, -0.15) is 0 Å². The van der Waals surface area contributed by atoms with Crippen molar-refractivity contribution < 1.29 is 37.3 Å². The second-order valence-electron chi connectivity index (χ2n) is 18.6. The maximum atomic E-state index is 12.7. The lowest BCUT2D eigenvalue weighted by Crippen LogP contribution is -2.37. The molecule has 1 N–H and O–H groups in total. The summed E-state index contributed by atoms with van der Waals surface area (Å²) in [5, 5.41) is 0. The number of unbranched alkanes of at least 4 members (excludes halogenated alkanes) is 30. The molecule has 0 aromatic rings. The highest BCUT2D eigenvalue weighted by Crippen LogP contribution is 2.43. The summed E-state index contributed by atoms with van der Waals surface area (Å²) < 4.78 is 35.1. The van der Waals surface area contributed by atoms with E-state index in [0.29, 0.717) is 24.1 Å². The molecule has 0 aliphatic heterocycles. The van der Waals surface area contributed by atoms with E-state index in [9.17, 15) is 14.3 Å². The predicted octanol–water partition coefficient (Wildman–Crippen LogP) is 15.6. The van der Waals surface area contributed by atoms with Crippen molar-refractivity contribution in [2.45, 2.75) is 245 Å². The Morgan fingerprint density at radius 3 is 1.37 bits per heavy atom. The molecule has 0 aliphatic rings.